The lowest BCUT2D eigenvalue weighted by atomic mass is 10.2. The van der Waals surface area contributed by atoms with Gasteiger partial charge in [0.2, 0.25) is 0 Å². The molecule has 3 nitrogen and oxygen atoms in total. The molecule has 1 aromatic carbocycles. The lowest BCUT2D eigenvalue weighted by Crippen LogP contribution is -1.96. The van der Waals surface area contributed by atoms with Crippen molar-refractivity contribution in [3.05, 3.63) is 30.5 Å². The van der Waals surface area contributed by atoms with Gasteiger partial charge in [-0.1, -0.05) is 6.92 Å². The topological polar surface area (TPSA) is 42.4 Å². The van der Waals surface area contributed by atoms with Crippen LogP contribution in [0.1, 0.15) is 13.3 Å². The third-order valence-electron chi connectivity index (χ3n) is 2.17. The Morgan fingerprint density at radius 3 is 3.00 bits per heavy atom. The average molecular weight is 203 g/mol. The van der Waals surface area contributed by atoms with Crippen LogP contribution in [0.2, 0.25) is 0 Å². The highest BCUT2D eigenvalue weighted by Gasteiger charge is 2.06. The van der Waals surface area contributed by atoms with Crippen LogP contribution in [-0.4, -0.2) is 16.7 Å². The summed E-state index contributed by atoms with van der Waals surface area (Å²) in [7, 11) is 0. The van der Waals surface area contributed by atoms with Gasteiger partial charge in [-0.05, 0) is 30.7 Å². The highest BCUT2D eigenvalue weighted by molar-refractivity contribution is 5.89. The second-order valence-corrected chi connectivity index (χ2v) is 3.33. The first kappa shape index (κ1) is 9.77. The fourth-order valence-electron chi connectivity index (χ4n) is 1.46. The van der Waals surface area contributed by atoms with E-state index < -0.39 is 0 Å². The standard InChI is InChI=1S/C12H13NO2/c1-2-8-15-11-6-5-10(14)9-4-3-7-13-12(9)11/h3-7,14H,2,8H2,1H3. The highest BCUT2D eigenvalue weighted by Crippen LogP contribution is 2.30. The highest BCUT2D eigenvalue weighted by atomic mass is 16.5. The number of fused-ring (bicyclic) bond motifs is 1. The van der Waals surface area contributed by atoms with Crippen molar-refractivity contribution in [1.29, 1.82) is 0 Å². The molecule has 1 N–H and O–H groups in total. The number of hydrogen-bond acceptors (Lipinski definition) is 3. The maximum Gasteiger partial charge on any atom is 0.145 e. The first-order valence-electron chi connectivity index (χ1n) is 5.02. The molecule has 1 aromatic heterocycles. The quantitative estimate of drug-likeness (QED) is 0.834. The average Bonchev–Trinajstić information content (AvgIpc) is 2.29. The van der Waals surface area contributed by atoms with E-state index in [1.807, 2.05) is 6.07 Å². The summed E-state index contributed by atoms with van der Waals surface area (Å²) in [5.41, 5.74) is 0.714. The van der Waals surface area contributed by atoms with E-state index in [1.165, 1.54) is 0 Å². The summed E-state index contributed by atoms with van der Waals surface area (Å²) < 4.78 is 5.55. The molecule has 0 amide bonds. The van der Waals surface area contributed by atoms with Crippen LogP contribution in [0.15, 0.2) is 30.5 Å². The van der Waals surface area contributed by atoms with Crippen LogP contribution in [0.3, 0.4) is 0 Å². The molecule has 78 valence electrons. The van der Waals surface area contributed by atoms with Gasteiger partial charge in [0.25, 0.3) is 0 Å². The van der Waals surface area contributed by atoms with Crippen molar-refractivity contribution < 1.29 is 9.84 Å². The van der Waals surface area contributed by atoms with Gasteiger partial charge in [0.05, 0.1) is 6.61 Å². The molecule has 15 heavy (non-hydrogen) atoms. The molecule has 0 bridgehead atoms. The van der Waals surface area contributed by atoms with Gasteiger partial charge in [0.15, 0.2) is 0 Å². The molecule has 0 saturated heterocycles. The van der Waals surface area contributed by atoms with E-state index in [0.717, 1.165) is 17.6 Å². The largest absolute Gasteiger partial charge is 0.507 e. The number of benzene rings is 1. The molecule has 0 radical (unpaired) electrons. The van der Waals surface area contributed by atoms with Crippen LogP contribution in [-0.2, 0) is 0 Å². The van der Waals surface area contributed by atoms with Crippen molar-refractivity contribution >= 4 is 10.9 Å². The van der Waals surface area contributed by atoms with Crippen LogP contribution in [0.25, 0.3) is 10.9 Å². The predicted octanol–water partition coefficient (Wildman–Crippen LogP) is 2.73. The van der Waals surface area contributed by atoms with Crippen molar-refractivity contribution in [2.75, 3.05) is 6.61 Å². The smallest absolute Gasteiger partial charge is 0.145 e. The SMILES string of the molecule is CCCOc1ccc(O)c2cccnc12. The Labute approximate surface area is 88.3 Å². The number of phenolic OH excluding ortho intramolecular Hbond substituents is 1. The minimum atomic E-state index is 0.238. The van der Waals surface area contributed by atoms with Gasteiger partial charge < -0.3 is 9.84 Å². The number of rotatable bonds is 3. The van der Waals surface area contributed by atoms with E-state index in [9.17, 15) is 5.11 Å². The monoisotopic (exact) mass is 203 g/mol. The second-order valence-electron chi connectivity index (χ2n) is 3.33. The van der Waals surface area contributed by atoms with E-state index in [2.05, 4.69) is 11.9 Å². The van der Waals surface area contributed by atoms with E-state index in [4.69, 9.17) is 4.74 Å². The summed E-state index contributed by atoms with van der Waals surface area (Å²) in [6.45, 7) is 2.71. The maximum absolute atomic E-state index is 9.63. The fourth-order valence-corrected chi connectivity index (χ4v) is 1.46. The van der Waals surface area contributed by atoms with E-state index in [1.54, 1.807) is 24.4 Å². The molecule has 3 heteroatoms. The zero-order valence-corrected chi connectivity index (χ0v) is 8.60. The molecule has 0 unspecified atom stereocenters. The van der Waals surface area contributed by atoms with Crippen LogP contribution < -0.4 is 4.74 Å². The first-order valence-corrected chi connectivity index (χ1v) is 5.02. The number of nitrogens with zero attached hydrogens (tertiary/aromatic N) is 1. The third-order valence-corrected chi connectivity index (χ3v) is 2.17. The van der Waals surface area contributed by atoms with Gasteiger partial charge in [0, 0.05) is 11.6 Å². The number of ether oxygens (including phenoxy) is 1. The lowest BCUT2D eigenvalue weighted by Gasteiger charge is -2.08. The number of pyridine rings is 1. The number of hydrogen-bond donors (Lipinski definition) is 1. The molecule has 0 fully saturated rings. The first-order chi connectivity index (χ1) is 7.33. The minimum Gasteiger partial charge on any atom is -0.507 e. The summed E-state index contributed by atoms with van der Waals surface area (Å²) in [6, 6.07) is 7.01. The minimum absolute atomic E-state index is 0.238. The van der Waals surface area contributed by atoms with E-state index >= 15 is 0 Å². The maximum atomic E-state index is 9.63. The molecule has 0 aliphatic rings. The number of phenols is 1. The molecule has 2 rings (SSSR count). The Hall–Kier alpha value is -1.77. The van der Waals surface area contributed by atoms with E-state index in [0.29, 0.717) is 12.1 Å². The zero-order valence-electron chi connectivity index (χ0n) is 8.60. The molecule has 0 saturated carbocycles. The molecule has 0 aliphatic heterocycles. The molecular formula is C12H13NO2. The Balaban J connectivity index is 2.51. The molecule has 0 atom stereocenters. The van der Waals surface area contributed by atoms with Gasteiger partial charge >= 0.3 is 0 Å². The third kappa shape index (κ3) is 1.86. The van der Waals surface area contributed by atoms with Gasteiger partial charge in [0.1, 0.15) is 17.0 Å². The Morgan fingerprint density at radius 2 is 2.20 bits per heavy atom. The van der Waals surface area contributed by atoms with Crippen LogP contribution >= 0.6 is 0 Å². The normalized spacial score (nSPS) is 10.5. The van der Waals surface area contributed by atoms with E-state index in [-0.39, 0.29) is 5.75 Å². The lowest BCUT2D eigenvalue weighted by molar-refractivity contribution is 0.320. The molecular weight excluding hydrogens is 190 g/mol. The van der Waals surface area contributed by atoms with Crippen LogP contribution in [0.4, 0.5) is 0 Å². The Bertz CT molecular complexity index is 468. The predicted molar refractivity (Wildman–Crippen MR) is 59.2 cm³/mol. The van der Waals surface area contributed by atoms with Crippen LogP contribution in [0.5, 0.6) is 11.5 Å². The van der Waals surface area contributed by atoms with Crippen molar-refractivity contribution in [2.45, 2.75) is 13.3 Å². The summed E-state index contributed by atoms with van der Waals surface area (Å²) in [6.07, 6.45) is 2.65. The van der Waals surface area contributed by atoms with Gasteiger partial charge in [-0.25, -0.2) is 0 Å². The summed E-state index contributed by atoms with van der Waals surface area (Å²) in [5, 5.41) is 10.4. The summed E-state index contributed by atoms with van der Waals surface area (Å²) in [5.74, 6) is 0.965. The van der Waals surface area contributed by atoms with Crippen molar-refractivity contribution in [1.82, 2.24) is 4.98 Å². The number of aromatic nitrogens is 1. The molecule has 0 spiro atoms. The van der Waals surface area contributed by atoms with Crippen molar-refractivity contribution in [3.8, 4) is 11.5 Å². The van der Waals surface area contributed by atoms with Gasteiger partial charge in [-0.2, -0.15) is 0 Å². The molecule has 2 aromatic rings. The van der Waals surface area contributed by atoms with Gasteiger partial charge in [-0.15, -0.1) is 0 Å². The van der Waals surface area contributed by atoms with Crippen LogP contribution in [0, 0.1) is 0 Å². The van der Waals surface area contributed by atoms with Gasteiger partial charge in [-0.3, -0.25) is 4.98 Å². The van der Waals surface area contributed by atoms with Crippen molar-refractivity contribution in [2.24, 2.45) is 0 Å². The van der Waals surface area contributed by atoms with Crippen molar-refractivity contribution in [3.63, 3.8) is 0 Å². The molecule has 1 heterocycles. The molecule has 0 aliphatic carbocycles. The zero-order chi connectivity index (χ0) is 10.7. The Morgan fingerprint density at radius 1 is 1.33 bits per heavy atom. The summed E-state index contributed by atoms with van der Waals surface area (Å²) in [4.78, 5) is 4.21. The second kappa shape index (κ2) is 4.17. The fraction of sp³-hybridized carbons (Fsp3) is 0.250. The Kier molecular flexibility index (Phi) is 2.72. The summed E-state index contributed by atoms with van der Waals surface area (Å²) >= 11 is 0. The number of aromatic hydroxyl groups is 1.